The van der Waals surface area contributed by atoms with Gasteiger partial charge in [0.15, 0.2) is 11.6 Å². The molecule has 2 heterocycles. The fourth-order valence-corrected chi connectivity index (χ4v) is 8.03. The van der Waals surface area contributed by atoms with Gasteiger partial charge >= 0.3 is 6.01 Å². The van der Waals surface area contributed by atoms with Crippen molar-refractivity contribution < 1.29 is 23.4 Å². The maximum absolute atomic E-state index is 15.7. The van der Waals surface area contributed by atoms with Gasteiger partial charge in [0.05, 0.1) is 41.5 Å². The molecule has 0 radical (unpaired) electrons. The second kappa shape index (κ2) is 19.7. The fraction of sp³-hybridized carbons (Fsp3) is 0.511. The number of fused-ring (bicyclic) bond motifs is 2. The van der Waals surface area contributed by atoms with Crippen LogP contribution in [0.5, 0.6) is 11.8 Å². The standard InChI is InChI=1S/C47H63F2N7O3/c1-10-14-16-21-47(7,20-15-11-2)28-59-46-53-38-25-35(34-26-39(57)42(49)33-18-19-36(48)31(12-3)40(33)34)43(52-29(5)6)32(13-4)41(38)44(54-46)56-23-17-22-51-30(27-56)24-37(50)45(58)55(8)9/h13,18-19,24-26,29,57H,10-12,14-17,20-23,27-28,50H2,1-9H3/b32-13-,37-24-,52-43?. The van der Waals surface area contributed by atoms with Crippen molar-refractivity contribution in [2.24, 2.45) is 21.1 Å². The summed E-state index contributed by atoms with van der Waals surface area (Å²) >= 11 is 0. The molecule has 2 aromatic carbocycles. The Kier molecular flexibility index (Phi) is 15.1. The summed E-state index contributed by atoms with van der Waals surface area (Å²) in [6.45, 7) is 16.2. The number of phenols is 1. The molecule has 10 nitrogen and oxygen atoms in total. The number of rotatable bonds is 16. The molecule has 0 saturated carbocycles. The van der Waals surface area contributed by atoms with Crippen LogP contribution >= 0.6 is 0 Å². The van der Waals surface area contributed by atoms with Crippen molar-refractivity contribution in [1.82, 2.24) is 14.9 Å². The monoisotopic (exact) mass is 811 g/mol. The number of ether oxygens (including phenoxy) is 1. The number of benzene rings is 2. The van der Waals surface area contributed by atoms with Gasteiger partial charge in [-0.2, -0.15) is 9.97 Å². The maximum Gasteiger partial charge on any atom is 0.318 e. The number of unbranched alkanes of at least 4 members (excludes halogenated alkanes) is 3. The molecule has 1 unspecified atom stereocenters. The molecule has 0 fully saturated rings. The second-order valence-electron chi connectivity index (χ2n) is 16.6. The van der Waals surface area contributed by atoms with E-state index >= 15 is 8.78 Å². The number of nitrogens with zero attached hydrogens (tertiary/aromatic N) is 6. The lowest BCUT2D eigenvalue weighted by molar-refractivity contribution is -0.124. The molecule has 318 valence electrons. The lowest BCUT2D eigenvalue weighted by atomic mass is 9.81. The van der Waals surface area contributed by atoms with E-state index in [1.165, 1.54) is 23.1 Å². The van der Waals surface area contributed by atoms with Gasteiger partial charge in [0.1, 0.15) is 11.6 Å². The number of carbonyl (C=O) groups excluding carboxylic acids is 1. The summed E-state index contributed by atoms with van der Waals surface area (Å²) in [7, 11) is 3.31. The van der Waals surface area contributed by atoms with Crippen LogP contribution in [0.15, 0.2) is 46.0 Å². The smallest absolute Gasteiger partial charge is 0.318 e. The number of aromatic hydroxyl groups is 1. The topological polar surface area (TPSA) is 130 Å². The highest BCUT2D eigenvalue weighted by Crippen LogP contribution is 2.45. The first kappa shape index (κ1) is 45.0. The molecule has 0 saturated heterocycles. The number of nitrogens with two attached hydrogens (primary N) is 1. The average molecular weight is 812 g/mol. The predicted molar refractivity (Wildman–Crippen MR) is 238 cm³/mol. The summed E-state index contributed by atoms with van der Waals surface area (Å²) in [5.74, 6) is -1.51. The van der Waals surface area contributed by atoms with Gasteiger partial charge in [-0.1, -0.05) is 65.9 Å². The number of allylic oxidation sites excluding steroid dienone is 3. The van der Waals surface area contributed by atoms with Gasteiger partial charge in [0.2, 0.25) is 0 Å². The number of halogens is 2. The van der Waals surface area contributed by atoms with Crippen molar-refractivity contribution in [1.29, 1.82) is 0 Å². The molecule has 1 aromatic heterocycles. The van der Waals surface area contributed by atoms with Gasteiger partial charge in [-0.3, -0.25) is 14.8 Å². The summed E-state index contributed by atoms with van der Waals surface area (Å²) in [5, 5.41) is 11.5. The Bertz CT molecular complexity index is 2190. The van der Waals surface area contributed by atoms with E-state index in [9.17, 15) is 9.90 Å². The second-order valence-corrected chi connectivity index (χ2v) is 16.6. The van der Waals surface area contributed by atoms with Gasteiger partial charge in [0, 0.05) is 55.2 Å². The van der Waals surface area contributed by atoms with Gasteiger partial charge in [-0.15, -0.1) is 0 Å². The van der Waals surface area contributed by atoms with E-state index in [-0.39, 0.29) is 34.5 Å². The van der Waals surface area contributed by atoms with Crippen molar-refractivity contribution in [3.05, 3.63) is 70.1 Å². The lowest BCUT2D eigenvalue weighted by Crippen LogP contribution is -2.33. The Morgan fingerprint density at radius 3 is 2.51 bits per heavy atom. The molecular weight excluding hydrogens is 749 g/mol. The number of likely N-dealkylation sites (N-methyl/N-ethyl adjacent to an activating group) is 1. The summed E-state index contributed by atoms with van der Waals surface area (Å²) in [5.41, 5.74) is 10.8. The normalized spacial score (nSPS) is 17.2. The summed E-state index contributed by atoms with van der Waals surface area (Å²) < 4.78 is 37.9. The molecule has 2 aliphatic rings. The van der Waals surface area contributed by atoms with Crippen LogP contribution in [0, 0.1) is 17.0 Å². The molecular formula is C47H63F2N7O3. The molecule has 3 aromatic rings. The minimum absolute atomic E-state index is 0.0875. The van der Waals surface area contributed by atoms with Gasteiger partial charge < -0.3 is 25.4 Å². The van der Waals surface area contributed by atoms with E-state index in [2.05, 4.69) is 25.7 Å². The van der Waals surface area contributed by atoms with Crippen molar-refractivity contribution in [3.63, 3.8) is 0 Å². The van der Waals surface area contributed by atoms with Crippen LogP contribution in [-0.2, 0) is 11.2 Å². The Morgan fingerprint density at radius 2 is 1.85 bits per heavy atom. The summed E-state index contributed by atoms with van der Waals surface area (Å²) in [4.78, 5) is 36.5. The van der Waals surface area contributed by atoms with E-state index in [1.807, 2.05) is 39.8 Å². The molecule has 0 spiro atoms. The zero-order chi connectivity index (χ0) is 43.0. The van der Waals surface area contributed by atoms with Crippen LogP contribution in [0.2, 0.25) is 0 Å². The van der Waals surface area contributed by atoms with Gasteiger partial charge in [-0.05, 0) is 93.3 Å². The molecule has 5 rings (SSSR count). The minimum Gasteiger partial charge on any atom is -0.505 e. The minimum atomic E-state index is -0.810. The highest BCUT2D eigenvalue weighted by Gasteiger charge is 2.34. The van der Waals surface area contributed by atoms with Crippen molar-refractivity contribution >= 4 is 51.1 Å². The van der Waals surface area contributed by atoms with E-state index in [0.29, 0.717) is 84.1 Å². The molecule has 3 N–H and O–H groups in total. The molecule has 59 heavy (non-hydrogen) atoms. The van der Waals surface area contributed by atoms with Gasteiger partial charge in [0.25, 0.3) is 5.91 Å². The van der Waals surface area contributed by atoms with Crippen molar-refractivity contribution in [3.8, 4) is 11.8 Å². The third-order valence-corrected chi connectivity index (χ3v) is 11.1. The van der Waals surface area contributed by atoms with Crippen LogP contribution in [-0.4, -0.2) is 83.7 Å². The number of anilines is 1. The summed E-state index contributed by atoms with van der Waals surface area (Å²) in [6.07, 6.45) is 14.1. The molecule has 1 atom stereocenters. The van der Waals surface area contributed by atoms with Gasteiger partial charge in [-0.25, -0.2) is 8.78 Å². The molecule has 12 heteroatoms. The largest absolute Gasteiger partial charge is 0.505 e. The molecule has 1 aliphatic carbocycles. The Morgan fingerprint density at radius 1 is 1.12 bits per heavy atom. The number of aromatic nitrogens is 2. The Labute approximate surface area is 349 Å². The fourth-order valence-electron chi connectivity index (χ4n) is 8.03. The zero-order valence-corrected chi connectivity index (χ0v) is 36.5. The molecule has 0 bridgehead atoms. The number of phenolic OH excluding ortho intramolecular Hbond substituents is 1. The lowest BCUT2D eigenvalue weighted by Gasteiger charge is -2.32. The third-order valence-electron chi connectivity index (χ3n) is 11.1. The van der Waals surface area contributed by atoms with Crippen LogP contribution in [0.1, 0.15) is 122 Å². The average Bonchev–Trinajstić information content (AvgIpc) is 3.45. The number of amides is 1. The van der Waals surface area contributed by atoms with Crippen LogP contribution < -0.4 is 15.4 Å². The first-order chi connectivity index (χ1) is 28.2. The SMILES string of the molecule is C/C=C1\C(=NC(C)C)C(c2cc(O)c(F)c3ccc(F)c(CC)c23)=Cc2nc(OCC(C)(CCCC)CCCCC)nc(N3CCCN=C(/C=C(\N)C(=O)N(C)C)C3)c21. The number of hydrogen-bond donors (Lipinski definition) is 2. The highest BCUT2D eigenvalue weighted by atomic mass is 19.1. The van der Waals surface area contributed by atoms with Crippen molar-refractivity contribution in [2.75, 3.05) is 45.2 Å². The molecule has 1 aliphatic heterocycles. The number of aryl methyl sites for hydroxylation is 1. The Balaban J connectivity index is 1.79. The van der Waals surface area contributed by atoms with E-state index in [1.54, 1.807) is 20.2 Å². The molecule has 1 amide bonds. The maximum atomic E-state index is 15.7. The quantitative estimate of drug-likeness (QED) is 0.109. The number of hydrogen-bond acceptors (Lipinski definition) is 9. The first-order valence-corrected chi connectivity index (χ1v) is 21.3. The van der Waals surface area contributed by atoms with E-state index < -0.39 is 17.4 Å². The van der Waals surface area contributed by atoms with Crippen LogP contribution in [0.25, 0.3) is 28.0 Å². The zero-order valence-electron chi connectivity index (χ0n) is 36.5. The van der Waals surface area contributed by atoms with Crippen LogP contribution in [0.4, 0.5) is 14.6 Å². The number of aliphatic imine (C=N–C) groups is 2. The van der Waals surface area contributed by atoms with E-state index in [0.717, 1.165) is 56.1 Å². The highest BCUT2D eigenvalue weighted by molar-refractivity contribution is 6.50. The Hall–Kier alpha value is -5.13. The van der Waals surface area contributed by atoms with Crippen molar-refractivity contribution in [2.45, 2.75) is 112 Å². The third kappa shape index (κ3) is 10.2. The first-order valence-electron chi connectivity index (χ1n) is 21.3. The predicted octanol–water partition coefficient (Wildman–Crippen LogP) is 9.72. The van der Waals surface area contributed by atoms with Crippen LogP contribution in [0.3, 0.4) is 0 Å². The van der Waals surface area contributed by atoms with E-state index in [4.69, 9.17) is 30.4 Å². The number of carbonyl (C=O) groups is 1. The summed E-state index contributed by atoms with van der Waals surface area (Å²) in [6, 6.07) is 4.03.